The normalized spacial score (nSPS) is 19.0. The zero-order valence-electron chi connectivity index (χ0n) is 3.99. The number of hydrogen-bond acceptors (Lipinski definition) is 1. The molecule has 0 aliphatic heterocycles. The molecular weight excluding hydrogens is 52.0 g/mol. The fraction of sp³-hybridized carbons (Fsp3) is 1.00. The van der Waals surface area contributed by atoms with Gasteiger partial charge in [0, 0.05) is 13.7 Å². The Morgan fingerprint density at radius 2 is 2.50 bits per heavy atom. The van der Waals surface area contributed by atoms with Crippen LogP contribution in [0.4, 0.5) is 0 Å². The fourth-order valence-electron chi connectivity index (χ4n) is 0. The lowest BCUT2D eigenvalue weighted by Crippen LogP contribution is -1.73. The summed E-state index contributed by atoms with van der Waals surface area (Å²) in [5.74, 6) is 0. The molecule has 0 bridgehead atoms. The van der Waals surface area contributed by atoms with Crippen LogP contribution >= 0.6 is 0 Å². The summed E-state index contributed by atoms with van der Waals surface area (Å²) in [6.07, 6.45) is 0. The van der Waals surface area contributed by atoms with Gasteiger partial charge in [0.1, 0.15) is 0 Å². The number of methoxy groups -OCH3 is 1. The minimum Gasteiger partial charge on any atom is -0.385 e. The van der Waals surface area contributed by atoms with Crippen molar-refractivity contribution < 1.29 is 6.11 Å². The summed E-state index contributed by atoms with van der Waals surface area (Å²) in [7, 11) is 1.51. The predicted octanol–water partition coefficient (Wildman–Crippen LogP) is 0.653. The molecule has 0 aromatic heterocycles. The molecule has 0 aromatic carbocycles. The van der Waals surface area contributed by atoms with Gasteiger partial charge >= 0.3 is 0 Å². The molecule has 1 nitrogen and oxygen atoms in total. The lowest BCUT2D eigenvalue weighted by molar-refractivity contribution is 0.215. The van der Waals surface area contributed by atoms with Crippen molar-refractivity contribution in [3.63, 3.8) is 0 Å². The van der Waals surface area contributed by atoms with E-state index < -0.39 is 0 Å². The van der Waals surface area contributed by atoms with Crippen molar-refractivity contribution in [1.29, 1.82) is 0 Å². The minimum absolute atomic E-state index is 0.366. The second-order valence-corrected chi connectivity index (χ2v) is 0.471. The Labute approximate surface area is 28.0 Å². The molecule has 26 valence electrons. The summed E-state index contributed by atoms with van der Waals surface area (Å²) in [6, 6.07) is 0. The summed E-state index contributed by atoms with van der Waals surface area (Å²) in [5.41, 5.74) is 0. The van der Waals surface area contributed by atoms with Crippen LogP contribution in [0.2, 0.25) is 0 Å². The van der Waals surface area contributed by atoms with Crippen LogP contribution in [-0.2, 0) is 4.74 Å². The van der Waals surface area contributed by atoms with Gasteiger partial charge in [-0.1, -0.05) is 0 Å². The second kappa shape index (κ2) is 2.96. The van der Waals surface area contributed by atoms with Crippen molar-refractivity contribution in [3.05, 3.63) is 0 Å². The molecule has 1 atom stereocenters. The third-order valence-corrected chi connectivity index (χ3v) is 0.236. The molecule has 4 heavy (non-hydrogen) atoms. The van der Waals surface area contributed by atoms with Gasteiger partial charge in [-0.2, -0.15) is 0 Å². The van der Waals surface area contributed by atoms with Gasteiger partial charge in [0.2, 0.25) is 0 Å². The Morgan fingerprint density at radius 3 is 2.50 bits per heavy atom. The number of rotatable bonds is 1. The predicted molar refractivity (Wildman–Crippen MR) is 17.6 cm³/mol. The van der Waals surface area contributed by atoms with Gasteiger partial charge < -0.3 is 4.74 Å². The largest absolute Gasteiger partial charge is 0.385 e. The first-order valence-corrected chi connectivity index (χ1v) is 1.22. The molecule has 0 radical (unpaired) electrons. The molecule has 0 saturated heterocycles. The van der Waals surface area contributed by atoms with Crippen LogP contribution in [0.3, 0.4) is 0 Å². The Kier molecular flexibility index (Phi) is 1.64. The van der Waals surface area contributed by atoms with Crippen LogP contribution in [0.1, 0.15) is 8.29 Å². The molecule has 0 aliphatic carbocycles. The van der Waals surface area contributed by atoms with Crippen LogP contribution in [0.5, 0.6) is 0 Å². The highest BCUT2D eigenvalue weighted by Crippen LogP contribution is 1.52. The highest BCUT2D eigenvalue weighted by molar-refractivity contribution is 3.94. The topological polar surface area (TPSA) is 9.23 Å². The zero-order chi connectivity index (χ0) is 4.28. The van der Waals surface area contributed by atoms with Gasteiger partial charge in [0.15, 0.2) is 0 Å². The van der Waals surface area contributed by atoms with E-state index in [1.807, 2.05) is 0 Å². The van der Waals surface area contributed by atoms with Crippen LogP contribution < -0.4 is 0 Å². The molecule has 0 N–H and O–H groups in total. The van der Waals surface area contributed by atoms with Crippen molar-refractivity contribution in [1.82, 2.24) is 0 Å². The average Bonchev–Trinajstić information content (AvgIpc) is 1.38. The summed E-state index contributed by atoms with van der Waals surface area (Å²) in [5, 5.41) is 0. The summed E-state index contributed by atoms with van der Waals surface area (Å²) < 4.78 is 11.0. The van der Waals surface area contributed by atoms with Gasteiger partial charge in [0.05, 0.1) is 1.37 Å². The summed E-state index contributed by atoms with van der Waals surface area (Å²) >= 11 is 0. The van der Waals surface area contributed by atoms with E-state index in [0.29, 0.717) is 0 Å². The van der Waals surface area contributed by atoms with E-state index in [-0.39, 0.29) is 6.58 Å². The van der Waals surface area contributed by atoms with E-state index in [0.717, 1.165) is 0 Å². The quantitative estimate of drug-likeness (QED) is 0.433. The SMILES string of the molecule is [3H]C(C)OC. The molecule has 0 amide bonds. The molecular formula is C3H8O. The average molecular weight is 62.1 g/mol. The molecule has 1 heteroatoms. The van der Waals surface area contributed by atoms with E-state index in [1.54, 1.807) is 6.92 Å². The van der Waals surface area contributed by atoms with Gasteiger partial charge in [-0.15, -0.1) is 0 Å². The minimum atomic E-state index is -0.366. The van der Waals surface area contributed by atoms with E-state index >= 15 is 0 Å². The van der Waals surface area contributed by atoms with Crippen LogP contribution in [0.15, 0.2) is 0 Å². The summed E-state index contributed by atoms with van der Waals surface area (Å²) in [4.78, 5) is 0. The van der Waals surface area contributed by atoms with E-state index in [2.05, 4.69) is 4.74 Å². The maximum atomic E-state index is 6.60. The molecule has 1 unspecified atom stereocenters. The first-order valence-electron chi connectivity index (χ1n) is 1.80. The van der Waals surface area contributed by atoms with Gasteiger partial charge in [-0.25, -0.2) is 0 Å². The molecule has 0 fully saturated rings. The number of ether oxygens (including phenoxy) is 1. The highest BCUT2D eigenvalue weighted by atomic mass is 16.5. The third-order valence-electron chi connectivity index (χ3n) is 0.236. The van der Waals surface area contributed by atoms with Crippen molar-refractivity contribution >= 4 is 0 Å². The standard InChI is InChI=1S/C3H8O/c1-3-4-2/h3H2,1-2H3/i3T. The molecule has 0 heterocycles. The fourth-order valence-corrected chi connectivity index (χ4v) is 0. The molecule has 0 aliphatic rings. The van der Waals surface area contributed by atoms with Crippen molar-refractivity contribution in [3.8, 4) is 0 Å². The van der Waals surface area contributed by atoms with Crippen LogP contribution in [0.25, 0.3) is 0 Å². The molecule has 0 saturated carbocycles. The van der Waals surface area contributed by atoms with E-state index in [4.69, 9.17) is 1.37 Å². The third kappa shape index (κ3) is 1.96. The lowest BCUT2D eigenvalue weighted by Gasteiger charge is -1.76. The lowest BCUT2D eigenvalue weighted by atomic mass is 10.9. The Morgan fingerprint density at radius 1 is 2.25 bits per heavy atom. The molecule has 0 spiro atoms. The van der Waals surface area contributed by atoms with E-state index in [1.165, 1.54) is 7.11 Å². The highest BCUT2D eigenvalue weighted by Gasteiger charge is 1.51. The Hall–Kier alpha value is -0.0400. The van der Waals surface area contributed by atoms with E-state index in [9.17, 15) is 0 Å². The maximum Gasteiger partial charge on any atom is 0.0563 e. The van der Waals surface area contributed by atoms with Crippen molar-refractivity contribution in [2.24, 2.45) is 0 Å². The van der Waals surface area contributed by atoms with Crippen molar-refractivity contribution in [2.45, 2.75) is 6.92 Å². The van der Waals surface area contributed by atoms with Gasteiger partial charge in [-0.05, 0) is 6.92 Å². The Balaban J connectivity index is 2.54. The van der Waals surface area contributed by atoms with Gasteiger partial charge in [-0.3, -0.25) is 0 Å². The van der Waals surface area contributed by atoms with Crippen LogP contribution in [-0.4, -0.2) is 13.7 Å². The smallest absolute Gasteiger partial charge is 0.0563 e. The molecule has 0 rings (SSSR count). The van der Waals surface area contributed by atoms with Crippen molar-refractivity contribution in [2.75, 3.05) is 13.7 Å². The number of hydrogen-bond donors (Lipinski definition) is 0. The summed E-state index contributed by atoms with van der Waals surface area (Å²) in [6.45, 7) is 1.30. The Bertz CT molecular complexity index is 20.9. The first kappa shape index (κ1) is 2.21. The monoisotopic (exact) mass is 62.1 g/mol. The van der Waals surface area contributed by atoms with Gasteiger partial charge in [0.25, 0.3) is 0 Å². The zero-order valence-corrected chi connectivity index (χ0v) is 2.99. The second-order valence-electron chi connectivity index (χ2n) is 0.471. The first-order chi connectivity index (χ1) is 2.27. The molecule has 0 aromatic rings. The van der Waals surface area contributed by atoms with Crippen LogP contribution in [0, 0.1) is 0 Å². The maximum absolute atomic E-state index is 6.60.